The number of carbonyl (C=O) groups excluding carboxylic acids is 2. The minimum Gasteiger partial charge on any atom is -0.323 e. The predicted molar refractivity (Wildman–Crippen MR) is 108 cm³/mol. The van der Waals surface area contributed by atoms with E-state index in [1.807, 2.05) is 24.3 Å². The van der Waals surface area contributed by atoms with Crippen LogP contribution in [-0.4, -0.2) is 11.8 Å². The van der Waals surface area contributed by atoms with Gasteiger partial charge in [-0.15, -0.1) is 0 Å². The number of azide groups is 1. The number of anilines is 3. The first kappa shape index (κ1) is 18.0. The van der Waals surface area contributed by atoms with E-state index in [2.05, 4.69) is 21.4 Å². The Morgan fingerprint density at radius 2 is 2.03 bits per heavy atom. The number of nitrogens with one attached hydrogen (secondary N) is 1. The van der Waals surface area contributed by atoms with Crippen molar-refractivity contribution in [2.45, 2.75) is 13.0 Å². The van der Waals surface area contributed by atoms with E-state index in [0.717, 1.165) is 16.3 Å². The fraction of sp³-hybridized carbons (Fsp3) is 0.0952. The van der Waals surface area contributed by atoms with Gasteiger partial charge in [-0.2, -0.15) is 5.26 Å². The summed E-state index contributed by atoms with van der Waals surface area (Å²) < 4.78 is 0. The zero-order chi connectivity index (χ0) is 20.4. The molecular weight excluding hydrogens is 368 g/mol. The second-order valence-electron chi connectivity index (χ2n) is 6.52. The summed E-state index contributed by atoms with van der Waals surface area (Å²) in [4.78, 5) is 29.4. The number of nitrogens with zero attached hydrogens (tertiary/aromatic N) is 5. The van der Waals surface area contributed by atoms with Crippen LogP contribution in [0.25, 0.3) is 21.2 Å². The highest BCUT2D eigenvalue weighted by Crippen LogP contribution is 2.40. The Bertz CT molecular complexity index is 1250. The molecule has 0 radical (unpaired) electrons. The normalized spacial score (nSPS) is 13.1. The van der Waals surface area contributed by atoms with E-state index in [1.54, 1.807) is 30.3 Å². The van der Waals surface area contributed by atoms with Crippen molar-refractivity contribution in [3.63, 3.8) is 0 Å². The molecular formula is C21H14N6O2. The first-order valence-corrected chi connectivity index (χ1v) is 8.80. The Labute approximate surface area is 165 Å². The second kappa shape index (κ2) is 7.35. The summed E-state index contributed by atoms with van der Waals surface area (Å²) in [6.07, 6.45) is -0.304. The van der Waals surface area contributed by atoms with E-state index >= 15 is 0 Å². The number of fused-ring (bicyclic) bond motifs is 3. The summed E-state index contributed by atoms with van der Waals surface area (Å²) in [7, 11) is 0. The van der Waals surface area contributed by atoms with Crippen molar-refractivity contribution in [2.75, 3.05) is 10.2 Å². The van der Waals surface area contributed by atoms with Crippen molar-refractivity contribution in [3.8, 4) is 6.07 Å². The molecule has 1 N–H and O–H groups in total. The number of amides is 2. The molecule has 3 aromatic carbocycles. The summed E-state index contributed by atoms with van der Waals surface area (Å²) in [6.45, 7) is 0.224. The SMILES string of the molecule is N#Cc1cccc(N2C(=O)CC(=O)Nc3c2ccc2cc(CN=[N+]=[N-])ccc32)c1. The molecule has 0 atom stereocenters. The fourth-order valence-corrected chi connectivity index (χ4v) is 3.43. The summed E-state index contributed by atoms with van der Waals surface area (Å²) in [5.41, 5.74) is 11.3. The van der Waals surface area contributed by atoms with Crippen molar-refractivity contribution in [2.24, 2.45) is 5.11 Å². The van der Waals surface area contributed by atoms with Gasteiger partial charge in [-0.3, -0.25) is 14.5 Å². The first-order valence-electron chi connectivity index (χ1n) is 8.80. The average Bonchev–Trinajstić information content (AvgIpc) is 2.86. The van der Waals surface area contributed by atoms with Gasteiger partial charge in [0.15, 0.2) is 0 Å². The van der Waals surface area contributed by atoms with Crippen molar-refractivity contribution in [1.82, 2.24) is 0 Å². The molecule has 1 aliphatic rings. The van der Waals surface area contributed by atoms with Gasteiger partial charge in [0.2, 0.25) is 11.8 Å². The molecule has 4 rings (SSSR count). The predicted octanol–water partition coefficient (Wildman–Crippen LogP) is 4.53. The fourth-order valence-electron chi connectivity index (χ4n) is 3.43. The zero-order valence-corrected chi connectivity index (χ0v) is 15.2. The minimum atomic E-state index is -0.402. The van der Waals surface area contributed by atoms with Gasteiger partial charge >= 0.3 is 0 Å². The maximum absolute atomic E-state index is 12.8. The van der Waals surface area contributed by atoms with Gasteiger partial charge in [0.1, 0.15) is 6.42 Å². The molecule has 140 valence electrons. The summed E-state index contributed by atoms with van der Waals surface area (Å²) in [5.74, 6) is -0.781. The molecule has 0 aromatic heterocycles. The lowest BCUT2D eigenvalue weighted by molar-refractivity contribution is -0.124. The van der Waals surface area contributed by atoms with Gasteiger partial charge in [0.05, 0.1) is 35.2 Å². The molecule has 0 fully saturated rings. The molecule has 0 saturated heterocycles. The van der Waals surface area contributed by atoms with Crippen LogP contribution in [0.2, 0.25) is 0 Å². The number of rotatable bonds is 3. The Morgan fingerprint density at radius 3 is 2.83 bits per heavy atom. The van der Waals surface area contributed by atoms with Crippen LogP contribution in [0, 0.1) is 11.3 Å². The molecule has 3 aromatic rings. The molecule has 1 heterocycles. The third-order valence-electron chi connectivity index (χ3n) is 4.68. The number of hydrogen-bond acceptors (Lipinski definition) is 4. The van der Waals surface area contributed by atoms with Crippen LogP contribution >= 0.6 is 0 Å². The highest BCUT2D eigenvalue weighted by Gasteiger charge is 2.28. The highest BCUT2D eigenvalue weighted by atomic mass is 16.2. The largest absolute Gasteiger partial charge is 0.323 e. The van der Waals surface area contributed by atoms with Crippen LogP contribution < -0.4 is 10.2 Å². The molecule has 2 amide bonds. The lowest BCUT2D eigenvalue weighted by Gasteiger charge is -2.23. The van der Waals surface area contributed by atoms with Gasteiger partial charge in [0.25, 0.3) is 0 Å². The maximum Gasteiger partial charge on any atom is 0.241 e. The van der Waals surface area contributed by atoms with Gasteiger partial charge in [-0.25, -0.2) is 0 Å². The van der Waals surface area contributed by atoms with Crippen LogP contribution in [0.3, 0.4) is 0 Å². The minimum absolute atomic E-state index is 0.224. The third-order valence-corrected chi connectivity index (χ3v) is 4.68. The van der Waals surface area contributed by atoms with Gasteiger partial charge in [-0.05, 0) is 40.7 Å². The van der Waals surface area contributed by atoms with Crippen LogP contribution in [0.5, 0.6) is 0 Å². The topological polar surface area (TPSA) is 122 Å². The Balaban J connectivity index is 1.91. The van der Waals surface area contributed by atoms with Crippen LogP contribution in [0.15, 0.2) is 59.7 Å². The van der Waals surface area contributed by atoms with Crippen molar-refractivity contribution in [3.05, 3.63) is 76.2 Å². The van der Waals surface area contributed by atoms with E-state index in [1.165, 1.54) is 4.90 Å². The van der Waals surface area contributed by atoms with Crippen molar-refractivity contribution in [1.29, 1.82) is 5.26 Å². The number of benzene rings is 3. The molecule has 0 spiro atoms. The Kier molecular flexibility index (Phi) is 4.57. The lowest BCUT2D eigenvalue weighted by Crippen LogP contribution is -2.26. The summed E-state index contributed by atoms with van der Waals surface area (Å²) in [5, 5.41) is 17.2. The number of nitriles is 1. The van der Waals surface area contributed by atoms with Crippen molar-refractivity contribution >= 4 is 39.6 Å². The number of carbonyl (C=O) groups is 2. The standard InChI is InChI=1S/C21H14N6O2/c22-11-13-2-1-3-16(9-13)27-18-7-5-15-8-14(12-24-26-23)4-6-17(15)21(18)25-19(28)10-20(27)29/h1-9H,10,12H2,(H,25,28). The van der Waals surface area contributed by atoms with E-state index in [0.29, 0.717) is 22.6 Å². The van der Waals surface area contributed by atoms with Crippen molar-refractivity contribution < 1.29 is 9.59 Å². The van der Waals surface area contributed by atoms with Crippen LogP contribution in [-0.2, 0) is 16.1 Å². The molecule has 0 unspecified atom stereocenters. The second-order valence-corrected chi connectivity index (χ2v) is 6.52. The lowest BCUT2D eigenvalue weighted by atomic mass is 10.0. The Hall–Kier alpha value is -4.34. The number of hydrogen-bond donors (Lipinski definition) is 1. The summed E-state index contributed by atoms with van der Waals surface area (Å²) >= 11 is 0. The maximum atomic E-state index is 12.8. The molecule has 0 bridgehead atoms. The monoisotopic (exact) mass is 382 g/mol. The van der Waals surface area contributed by atoms with E-state index in [9.17, 15) is 14.9 Å². The smallest absolute Gasteiger partial charge is 0.241 e. The Morgan fingerprint density at radius 1 is 1.17 bits per heavy atom. The first-order chi connectivity index (χ1) is 14.1. The zero-order valence-electron chi connectivity index (χ0n) is 15.2. The quantitative estimate of drug-likeness (QED) is 0.310. The van der Waals surface area contributed by atoms with Gasteiger partial charge < -0.3 is 5.32 Å². The third kappa shape index (κ3) is 3.34. The van der Waals surface area contributed by atoms with E-state index in [4.69, 9.17) is 5.53 Å². The van der Waals surface area contributed by atoms with Crippen LogP contribution in [0.4, 0.5) is 17.1 Å². The highest BCUT2D eigenvalue weighted by molar-refractivity contribution is 6.21. The average molecular weight is 382 g/mol. The molecule has 1 aliphatic heterocycles. The van der Waals surface area contributed by atoms with Crippen LogP contribution in [0.1, 0.15) is 17.5 Å². The molecule has 0 aliphatic carbocycles. The molecule has 29 heavy (non-hydrogen) atoms. The molecule has 0 saturated carbocycles. The van der Waals surface area contributed by atoms with Gasteiger partial charge in [-0.1, -0.05) is 35.4 Å². The summed E-state index contributed by atoms with van der Waals surface area (Å²) in [6, 6.07) is 17.9. The molecule has 8 heteroatoms. The van der Waals surface area contributed by atoms with E-state index in [-0.39, 0.29) is 18.9 Å². The van der Waals surface area contributed by atoms with Gasteiger partial charge in [0, 0.05) is 10.3 Å². The molecule has 8 nitrogen and oxygen atoms in total. The van der Waals surface area contributed by atoms with E-state index < -0.39 is 5.91 Å².